The summed E-state index contributed by atoms with van der Waals surface area (Å²) in [5, 5.41) is 2.55. The molecule has 1 fully saturated rings. The number of amides is 1. The highest BCUT2D eigenvalue weighted by Crippen LogP contribution is 2.28. The second kappa shape index (κ2) is 11.0. The van der Waals surface area contributed by atoms with Crippen molar-refractivity contribution in [1.82, 2.24) is 9.62 Å². The van der Waals surface area contributed by atoms with Crippen molar-refractivity contribution in [2.45, 2.75) is 34.8 Å². The third kappa shape index (κ3) is 5.90. The summed E-state index contributed by atoms with van der Waals surface area (Å²) < 4.78 is 31.8. The summed E-state index contributed by atoms with van der Waals surface area (Å²) in [6.07, 6.45) is 1.37. The molecule has 3 rings (SSSR count). The molecule has 0 radical (unpaired) electrons. The summed E-state index contributed by atoms with van der Waals surface area (Å²) in [6, 6.07) is 15.6. The van der Waals surface area contributed by atoms with E-state index >= 15 is 0 Å². The van der Waals surface area contributed by atoms with E-state index in [1.54, 1.807) is 49.4 Å². The number of sulfonamides is 1. The van der Waals surface area contributed by atoms with E-state index in [4.69, 9.17) is 4.74 Å². The van der Waals surface area contributed by atoms with Crippen molar-refractivity contribution in [3.05, 3.63) is 60.2 Å². The van der Waals surface area contributed by atoms with E-state index in [2.05, 4.69) is 5.32 Å². The number of carbonyl (C=O) groups excluding carboxylic acids is 2. The van der Waals surface area contributed by atoms with Crippen molar-refractivity contribution in [2.24, 2.45) is 5.92 Å². The lowest BCUT2D eigenvalue weighted by Gasteiger charge is -2.31. The Morgan fingerprint density at radius 1 is 1.09 bits per heavy atom. The highest BCUT2D eigenvalue weighted by Gasteiger charge is 2.29. The number of thioether (sulfide) groups is 1. The molecule has 1 N–H and O–H groups in total. The minimum atomic E-state index is -3.48. The first-order chi connectivity index (χ1) is 15.3. The first-order valence-electron chi connectivity index (χ1n) is 10.5. The molecule has 1 saturated heterocycles. The number of benzene rings is 2. The van der Waals surface area contributed by atoms with E-state index in [0.29, 0.717) is 47.8 Å². The summed E-state index contributed by atoms with van der Waals surface area (Å²) in [6.45, 7) is 3.08. The van der Waals surface area contributed by atoms with Crippen molar-refractivity contribution in [3.63, 3.8) is 0 Å². The maximum atomic E-state index is 12.8. The van der Waals surface area contributed by atoms with Crippen LogP contribution < -0.4 is 5.32 Å². The quantitative estimate of drug-likeness (QED) is 0.465. The number of piperidine rings is 1. The number of ether oxygens (including phenoxy) is 1. The van der Waals surface area contributed by atoms with E-state index in [9.17, 15) is 18.0 Å². The van der Waals surface area contributed by atoms with Crippen molar-refractivity contribution in [2.75, 3.05) is 26.7 Å². The van der Waals surface area contributed by atoms with Crippen LogP contribution in [0.1, 0.15) is 30.1 Å². The molecule has 1 aliphatic rings. The van der Waals surface area contributed by atoms with Gasteiger partial charge in [-0.05, 0) is 49.9 Å². The highest BCUT2D eigenvalue weighted by atomic mass is 32.2. The van der Waals surface area contributed by atoms with Crippen LogP contribution in [0.4, 0.5) is 0 Å². The van der Waals surface area contributed by atoms with Crippen molar-refractivity contribution < 1.29 is 22.7 Å². The maximum Gasteiger partial charge on any atom is 0.318 e. The van der Waals surface area contributed by atoms with Crippen LogP contribution in [-0.4, -0.2) is 56.6 Å². The summed E-state index contributed by atoms with van der Waals surface area (Å²) in [7, 11) is -2.14. The number of methoxy groups -OCH3 is 1. The summed E-state index contributed by atoms with van der Waals surface area (Å²) in [4.78, 5) is 25.5. The van der Waals surface area contributed by atoms with E-state index in [-0.39, 0.29) is 17.8 Å². The Kier molecular flexibility index (Phi) is 8.33. The molecular weight excluding hydrogens is 448 g/mol. The number of rotatable bonds is 8. The van der Waals surface area contributed by atoms with Gasteiger partial charge in [0.05, 0.1) is 17.6 Å². The van der Waals surface area contributed by atoms with Crippen LogP contribution in [0.25, 0.3) is 0 Å². The molecule has 0 spiro atoms. The predicted molar refractivity (Wildman–Crippen MR) is 124 cm³/mol. The van der Waals surface area contributed by atoms with Gasteiger partial charge in [-0.2, -0.15) is 4.31 Å². The van der Waals surface area contributed by atoms with Gasteiger partial charge in [-0.1, -0.05) is 30.3 Å². The fourth-order valence-electron chi connectivity index (χ4n) is 3.59. The smallest absolute Gasteiger partial charge is 0.318 e. The third-order valence-electron chi connectivity index (χ3n) is 5.47. The zero-order valence-corrected chi connectivity index (χ0v) is 19.8. The lowest BCUT2D eigenvalue weighted by Crippen LogP contribution is -2.41. The molecule has 7 nitrogen and oxygen atoms in total. The molecule has 1 amide bonds. The molecule has 1 atom stereocenters. The van der Waals surface area contributed by atoms with Crippen LogP contribution in [0, 0.1) is 5.92 Å². The molecule has 0 saturated carbocycles. The number of nitrogens with zero attached hydrogens (tertiary/aromatic N) is 1. The van der Waals surface area contributed by atoms with E-state index < -0.39 is 15.3 Å². The number of hydrogen-bond donors (Lipinski definition) is 1. The second-order valence-corrected chi connectivity index (χ2v) is 11.0. The third-order valence-corrected chi connectivity index (χ3v) is 8.54. The van der Waals surface area contributed by atoms with Gasteiger partial charge in [-0.3, -0.25) is 9.59 Å². The van der Waals surface area contributed by atoms with Crippen LogP contribution in [0.3, 0.4) is 0 Å². The van der Waals surface area contributed by atoms with Crippen molar-refractivity contribution in [3.8, 4) is 0 Å². The van der Waals surface area contributed by atoms with Gasteiger partial charge in [-0.25, -0.2) is 8.42 Å². The van der Waals surface area contributed by atoms with Crippen LogP contribution >= 0.6 is 11.8 Å². The molecule has 0 aromatic heterocycles. The molecule has 0 aliphatic carbocycles. The minimum absolute atomic E-state index is 0.204. The van der Waals surface area contributed by atoms with Gasteiger partial charge in [0.1, 0.15) is 5.25 Å². The van der Waals surface area contributed by atoms with Gasteiger partial charge < -0.3 is 10.1 Å². The average molecular weight is 477 g/mol. The summed E-state index contributed by atoms with van der Waals surface area (Å²) >= 11 is 1.28. The van der Waals surface area contributed by atoms with E-state index in [1.165, 1.54) is 23.2 Å². The fourth-order valence-corrected chi connectivity index (χ4v) is 6.10. The predicted octanol–water partition coefficient (Wildman–Crippen LogP) is 3.17. The van der Waals surface area contributed by atoms with Gasteiger partial charge in [0, 0.05) is 24.5 Å². The molecule has 0 bridgehead atoms. The standard InChI is InChI=1S/C23H28N2O5S2/c1-17(23(27)30-2)31-21-11-7-6-10-20(21)22(26)24-16-18-12-14-25(15-13-18)32(28,29)19-8-4-3-5-9-19/h3-11,17-18H,12-16H2,1-2H3,(H,24,26). The monoisotopic (exact) mass is 476 g/mol. The maximum absolute atomic E-state index is 12.8. The fraction of sp³-hybridized carbons (Fsp3) is 0.391. The van der Waals surface area contributed by atoms with Crippen LogP contribution in [0.5, 0.6) is 0 Å². The molecule has 1 unspecified atom stereocenters. The Morgan fingerprint density at radius 3 is 2.38 bits per heavy atom. The highest BCUT2D eigenvalue weighted by molar-refractivity contribution is 8.00. The Bertz CT molecular complexity index is 1040. The molecule has 2 aromatic carbocycles. The SMILES string of the molecule is COC(=O)C(C)Sc1ccccc1C(=O)NCC1CCN(S(=O)(=O)c2ccccc2)CC1. The molecule has 172 valence electrons. The number of carbonyl (C=O) groups is 2. The molecule has 1 heterocycles. The number of hydrogen-bond acceptors (Lipinski definition) is 6. The van der Waals surface area contributed by atoms with Gasteiger partial charge in [-0.15, -0.1) is 11.8 Å². The van der Waals surface area contributed by atoms with Crippen LogP contribution in [0.15, 0.2) is 64.4 Å². The summed E-state index contributed by atoms with van der Waals surface area (Å²) in [5.41, 5.74) is 0.511. The zero-order chi connectivity index (χ0) is 23.1. The molecule has 9 heteroatoms. The number of nitrogens with one attached hydrogen (secondary N) is 1. The van der Waals surface area contributed by atoms with Crippen molar-refractivity contribution >= 4 is 33.7 Å². The molecule has 2 aromatic rings. The van der Waals surface area contributed by atoms with Crippen molar-refractivity contribution in [1.29, 1.82) is 0 Å². The molecular formula is C23H28N2O5S2. The van der Waals surface area contributed by atoms with Crippen LogP contribution in [-0.2, 0) is 19.6 Å². The Labute approximate surface area is 193 Å². The normalized spacial score (nSPS) is 16.3. The Hall–Kier alpha value is -2.36. The first kappa shape index (κ1) is 24.3. The minimum Gasteiger partial charge on any atom is -0.468 e. The zero-order valence-electron chi connectivity index (χ0n) is 18.2. The van der Waals surface area contributed by atoms with E-state index in [0.717, 1.165) is 0 Å². The Balaban J connectivity index is 1.54. The summed E-state index contributed by atoms with van der Waals surface area (Å²) in [5.74, 6) is -0.345. The largest absolute Gasteiger partial charge is 0.468 e. The average Bonchev–Trinajstić information content (AvgIpc) is 2.83. The first-order valence-corrected chi connectivity index (χ1v) is 12.8. The lowest BCUT2D eigenvalue weighted by molar-refractivity contribution is -0.139. The second-order valence-electron chi connectivity index (χ2n) is 7.65. The number of esters is 1. The topological polar surface area (TPSA) is 92.8 Å². The molecule has 32 heavy (non-hydrogen) atoms. The van der Waals surface area contributed by atoms with Gasteiger partial charge in [0.15, 0.2) is 0 Å². The Morgan fingerprint density at radius 2 is 1.72 bits per heavy atom. The van der Waals surface area contributed by atoms with Gasteiger partial charge in [0.25, 0.3) is 5.91 Å². The lowest BCUT2D eigenvalue weighted by atomic mass is 9.98. The van der Waals surface area contributed by atoms with Crippen LogP contribution in [0.2, 0.25) is 0 Å². The molecule has 1 aliphatic heterocycles. The van der Waals surface area contributed by atoms with Gasteiger partial charge in [0.2, 0.25) is 10.0 Å². The van der Waals surface area contributed by atoms with E-state index in [1.807, 2.05) is 12.1 Å². The van der Waals surface area contributed by atoms with Gasteiger partial charge >= 0.3 is 5.97 Å².